The highest BCUT2D eigenvalue weighted by atomic mass is 35.5. The van der Waals surface area contributed by atoms with E-state index in [1.165, 1.54) is 11.3 Å². The van der Waals surface area contributed by atoms with Crippen LogP contribution in [0.3, 0.4) is 0 Å². The van der Waals surface area contributed by atoms with E-state index in [1.54, 1.807) is 7.11 Å². The van der Waals surface area contributed by atoms with Crippen molar-refractivity contribution >= 4 is 33.1 Å². The first-order valence-corrected chi connectivity index (χ1v) is 10.8. The smallest absolute Gasteiger partial charge is 0.411 e. The second-order valence-electron chi connectivity index (χ2n) is 7.10. The zero-order valence-electron chi connectivity index (χ0n) is 17.6. The van der Waals surface area contributed by atoms with Gasteiger partial charge in [0.25, 0.3) is 0 Å². The molecule has 0 saturated heterocycles. The van der Waals surface area contributed by atoms with Crippen LogP contribution in [0.15, 0.2) is 101 Å². The number of ether oxygens (including phenoxy) is 1. The van der Waals surface area contributed by atoms with Gasteiger partial charge in [0.2, 0.25) is 5.06 Å². The second kappa shape index (κ2) is 9.34. The number of azo groups is 1. The molecule has 3 aromatic carbocycles. The van der Waals surface area contributed by atoms with E-state index in [9.17, 15) is 0 Å². The molecule has 5 aromatic rings. The minimum atomic E-state index is 0. The summed E-state index contributed by atoms with van der Waals surface area (Å²) in [5.41, 5.74) is 5.13. The number of hydrogen-bond donors (Lipinski definition) is 0. The Morgan fingerprint density at radius 1 is 0.844 bits per heavy atom. The van der Waals surface area contributed by atoms with Crippen molar-refractivity contribution < 1.29 is 21.7 Å². The Kier molecular flexibility index (Phi) is 6.35. The molecule has 0 bridgehead atoms. The first kappa shape index (κ1) is 21.7. The van der Waals surface area contributed by atoms with E-state index in [1.807, 2.05) is 48.1 Å². The predicted molar refractivity (Wildman–Crippen MR) is 125 cm³/mol. The number of nitrogens with zero attached hydrogens (tertiary/aromatic N) is 4. The molecule has 0 atom stereocenters. The average molecular weight is 461 g/mol. The van der Waals surface area contributed by atoms with E-state index in [0.29, 0.717) is 0 Å². The van der Waals surface area contributed by atoms with Crippen molar-refractivity contribution in [2.45, 2.75) is 0 Å². The fourth-order valence-electron chi connectivity index (χ4n) is 3.71. The third-order valence-corrected chi connectivity index (χ3v) is 6.16. The van der Waals surface area contributed by atoms with Crippen LogP contribution < -0.4 is 21.7 Å². The topological polar surface area (TPSA) is 42.8 Å². The molecule has 0 aliphatic heterocycles. The highest BCUT2D eigenvalue weighted by Crippen LogP contribution is 2.43. The predicted octanol–water partition coefficient (Wildman–Crippen LogP) is 3.61. The Balaban J connectivity index is 0.00000245. The van der Waals surface area contributed by atoms with Gasteiger partial charge >= 0.3 is 5.13 Å². The Hall–Kier alpha value is -3.48. The average Bonchev–Trinajstić information content (AvgIpc) is 3.36. The number of benzene rings is 3. The Labute approximate surface area is 196 Å². The molecule has 5 nitrogen and oxygen atoms in total. The molecule has 0 amide bonds. The number of rotatable bonds is 5. The lowest BCUT2D eigenvalue weighted by Crippen LogP contribution is -3.00. The van der Waals surface area contributed by atoms with Crippen molar-refractivity contribution in [2.24, 2.45) is 17.3 Å². The Morgan fingerprint density at radius 2 is 1.50 bits per heavy atom. The number of para-hydroxylation sites is 2. The molecule has 7 heteroatoms. The fraction of sp³-hybridized carbons (Fsp3) is 0.0800. The van der Waals surface area contributed by atoms with Crippen molar-refractivity contribution in [3.63, 3.8) is 0 Å². The van der Waals surface area contributed by atoms with Crippen molar-refractivity contribution in [1.82, 2.24) is 4.57 Å². The number of methoxy groups -OCH3 is 1. The molecule has 0 radical (unpaired) electrons. The van der Waals surface area contributed by atoms with Gasteiger partial charge in [-0.3, -0.25) is 0 Å². The van der Waals surface area contributed by atoms with E-state index in [2.05, 4.69) is 64.3 Å². The Bertz CT molecular complexity index is 1380. The van der Waals surface area contributed by atoms with E-state index in [0.717, 1.165) is 43.7 Å². The summed E-state index contributed by atoms with van der Waals surface area (Å²) in [6, 6.07) is 29.0. The maximum Gasteiger partial charge on any atom is 0.411 e. The number of halogens is 1. The van der Waals surface area contributed by atoms with Crippen LogP contribution in [0.1, 0.15) is 0 Å². The summed E-state index contributed by atoms with van der Waals surface area (Å²) in [5, 5.41) is 12.0. The molecule has 0 fully saturated rings. The van der Waals surface area contributed by atoms with Gasteiger partial charge in [-0.1, -0.05) is 66.7 Å². The number of hydrogen-bond acceptors (Lipinski definition) is 4. The van der Waals surface area contributed by atoms with Crippen LogP contribution in [-0.4, -0.2) is 11.7 Å². The van der Waals surface area contributed by atoms with E-state index in [-0.39, 0.29) is 12.4 Å². The van der Waals surface area contributed by atoms with Crippen LogP contribution in [-0.2, 0) is 7.05 Å². The molecule has 0 saturated carbocycles. The largest absolute Gasteiger partial charge is 1.00 e. The minimum absolute atomic E-state index is 0. The van der Waals surface area contributed by atoms with Gasteiger partial charge in [-0.25, -0.2) is 4.57 Å². The summed E-state index contributed by atoms with van der Waals surface area (Å²) in [7, 11) is 3.60. The zero-order chi connectivity index (χ0) is 21.2. The molecule has 0 N–H and O–H groups in total. The number of aryl methyl sites for hydroxylation is 1. The molecule has 5 rings (SSSR count). The molecule has 0 aliphatic rings. The van der Waals surface area contributed by atoms with Gasteiger partial charge in [0.1, 0.15) is 11.9 Å². The van der Waals surface area contributed by atoms with Crippen LogP contribution in [0.5, 0.6) is 5.06 Å². The zero-order valence-corrected chi connectivity index (χ0v) is 19.2. The summed E-state index contributed by atoms with van der Waals surface area (Å²) in [6.45, 7) is 0. The van der Waals surface area contributed by atoms with Crippen LogP contribution in [0.2, 0.25) is 0 Å². The lowest BCUT2D eigenvalue weighted by molar-refractivity contribution is -0.654. The molecule has 0 spiro atoms. The van der Waals surface area contributed by atoms with Crippen LogP contribution in [0, 0.1) is 0 Å². The summed E-state index contributed by atoms with van der Waals surface area (Å²) in [6.07, 6.45) is 1.91. The highest BCUT2D eigenvalue weighted by molar-refractivity contribution is 7.16. The standard InChI is InChI=1S/C25H21N4OS.ClH/c1-28-17-22(30-2)31-25(28)27-26-23-20-15-9-10-16-21(20)29(19-13-7-4-8-14-19)24(23)18-11-5-3-6-12-18;/h3-17H,1-2H3;1H/q+1;/p-1. The van der Waals surface area contributed by atoms with Gasteiger partial charge in [0, 0.05) is 16.6 Å². The second-order valence-corrected chi connectivity index (χ2v) is 8.07. The van der Waals surface area contributed by atoms with Gasteiger partial charge in [-0.2, -0.15) is 0 Å². The van der Waals surface area contributed by atoms with Crippen molar-refractivity contribution in [3.05, 3.63) is 91.1 Å². The van der Waals surface area contributed by atoms with Crippen molar-refractivity contribution in [3.8, 4) is 22.0 Å². The van der Waals surface area contributed by atoms with Gasteiger partial charge in [0.15, 0.2) is 0 Å². The SMILES string of the molecule is COc1c[n+](C)c(/N=N/c2c(-c3ccccc3)n(-c3ccccc3)c3ccccc23)s1.[Cl-]. The lowest BCUT2D eigenvalue weighted by Gasteiger charge is -2.11. The first-order valence-electron chi connectivity index (χ1n) is 9.96. The molecule has 0 unspecified atom stereocenters. The molecule has 0 aliphatic carbocycles. The third kappa shape index (κ3) is 3.90. The molecule has 32 heavy (non-hydrogen) atoms. The summed E-state index contributed by atoms with van der Waals surface area (Å²) >= 11 is 1.46. The highest BCUT2D eigenvalue weighted by Gasteiger charge is 2.22. The summed E-state index contributed by atoms with van der Waals surface area (Å²) < 4.78 is 9.53. The number of fused-ring (bicyclic) bond motifs is 1. The summed E-state index contributed by atoms with van der Waals surface area (Å²) in [5.74, 6) is 0. The summed E-state index contributed by atoms with van der Waals surface area (Å²) in [4.78, 5) is 0. The van der Waals surface area contributed by atoms with E-state index < -0.39 is 0 Å². The molecular weight excluding hydrogens is 440 g/mol. The first-order chi connectivity index (χ1) is 15.3. The van der Waals surface area contributed by atoms with Gasteiger partial charge in [0.05, 0.1) is 30.5 Å². The molecule has 160 valence electrons. The van der Waals surface area contributed by atoms with Crippen LogP contribution in [0.4, 0.5) is 10.8 Å². The normalized spacial score (nSPS) is 11.1. The van der Waals surface area contributed by atoms with E-state index >= 15 is 0 Å². The quantitative estimate of drug-likeness (QED) is 0.292. The molecule has 2 aromatic heterocycles. The minimum Gasteiger partial charge on any atom is -1.00 e. The maximum atomic E-state index is 5.34. The van der Waals surface area contributed by atoms with Gasteiger partial charge in [-0.15, -0.1) is 0 Å². The number of thiazole rings is 1. The van der Waals surface area contributed by atoms with Gasteiger partial charge in [-0.05, 0) is 34.7 Å². The van der Waals surface area contributed by atoms with Gasteiger partial charge < -0.3 is 21.7 Å². The van der Waals surface area contributed by atoms with Crippen LogP contribution in [0.25, 0.3) is 27.8 Å². The lowest BCUT2D eigenvalue weighted by atomic mass is 10.1. The molecular formula is C25H21ClN4OS. The van der Waals surface area contributed by atoms with Crippen molar-refractivity contribution in [2.75, 3.05) is 7.11 Å². The number of aromatic nitrogens is 2. The third-order valence-electron chi connectivity index (χ3n) is 5.14. The molecule has 2 heterocycles. The Morgan fingerprint density at radius 3 is 2.19 bits per heavy atom. The van der Waals surface area contributed by atoms with Crippen LogP contribution >= 0.6 is 11.3 Å². The van der Waals surface area contributed by atoms with E-state index in [4.69, 9.17) is 9.85 Å². The maximum absolute atomic E-state index is 5.34. The fourth-order valence-corrected chi connectivity index (χ4v) is 4.46. The monoisotopic (exact) mass is 460 g/mol. The van der Waals surface area contributed by atoms with Crippen molar-refractivity contribution in [1.29, 1.82) is 0 Å².